The van der Waals surface area contributed by atoms with Crippen molar-refractivity contribution in [1.29, 1.82) is 0 Å². The fraction of sp³-hybridized carbons (Fsp3) is 0.375. The van der Waals surface area contributed by atoms with E-state index in [0.29, 0.717) is 19.0 Å². The number of ether oxygens (including phenoxy) is 1. The van der Waals surface area contributed by atoms with Crippen LogP contribution in [0.5, 0.6) is 5.75 Å². The van der Waals surface area contributed by atoms with Crippen molar-refractivity contribution in [3.63, 3.8) is 0 Å². The van der Waals surface area contributed by atoms with Gasteiger partial charge in [0.1, 0.15) is 0 Å². The number of halogens is 1. The third kappa shape index (κ3) is 8.23. The molecule has 0 heterocycles. The Morgan fingerprint density at radius 1 is 1.25 bits per heavy atom. The molecule has 0 atom stereocenters. The van der Waals surface area contributed by atoms with Gasteiger partial charge in [-0.15, -0.1) is 13.2 Å². The fourth-order valence-corrected chi connectivity index (χ4v) is 7.48. The van der Waals surface area contributed by atoms with Crippen LogP contribution in [-0.2, 0) is 32.3 Å². The second kappa shape index (κ2) is 10.6. The molecule has 0 radical (unpaired) electrons. The number of phenols is 1. The molecule has 1 aromatic carbocycles. The molecule has 0 saturated carbocycles. The van der Waals surface area contributed by atoms with Crippen molar-refractivity contribution in [3.8, 4) is 5.75 Å². The Hall–Kier alpha value is -0.125. The zero-order valence-corrected chi connectivity index (χ0v) is 19.7. The molecule has 1 aromatic rings. The number of rotatable bonds is 5. The molecule has 2 nitrogen and oxygen atoms in total. The third-order valence-corrected chi connectivity index (χ3v) is 11.2. The average molecular weight is 528 g/mol. The Morgan fingerprint density at radius 3 is 2.20 bits per heavy atom. The molecule has 4 heteroatoms. The summed E-state index contributed by atoms with van der Waals surface area (Å²) in [5.41, 5.74) is 1.48. The number of aromatic hydroxyl groups is 1. The van der Waals surface area contributed by atoms with Gasteiger partial charge in [0, 0.05) is 0 Å². The van der Waals surface area contributed by atoms with E-state index in [1.165, 1.54) is 8.64 Å². The van der Waals surface area contributed by atoms with Crippen LogP contribution in [0.2, 0.25) is 0 Å². The van der Waals surface area contributed by atoms with Crippen LogP contribution >= 0.6 is 11.9 Å². The van der Waals surface area contributed by atoms with E-state index in [2.05, 4.69) is 51.9 Å². The van der Waals surface area contributed by atoms with E-state index < -0.39 is 22.1 Å². The molecule has 0 aromatic heterocycles. The topological polar surface area (TPSA) is 29.5 Å². The van der Waals surface area contributed by atoms with Crippen molar-refractivity contribution >= 4 is 15.0 Å². The standard InChI is InChI=1S/C10H13O.C6H10O.BrH.Hg/c1-10(2,3)8-4-6-9(11)7-5-8;1-3-5-7-6-4-2;;/h4-6,11H,1-3H3;3-4H,1-2,5-6H2;1H;/q;;;+1/p-1. The maximum atomic E-state index is 9.53. The monoisotopic (exact) mass is 528 g/mol. The Balaban J connectivity index is 0.000000441. The van der Waals surface area contributed by atoms with Gasteiger partial charge in [0.15, 0.2) is 0 Å². The number of hydrogen-bond acceptors (Lipinski definition) is 2. The Labute approximate surface area is 140 Å². The van der Waals surface area contributed by atoms with Gasteiger partial charge in [0.05, 0.1) is 13.2 Å². The van der Waals surface area contributed by atoms with Crippen LogP contribution in [0.25, 0.3) is 0 Å². The van der Waals surface area contributed by atoms with Gasteiger partial charge in [-0.3, -0.25) is 0 Å². The first-order chi connectivity index (χ1) is 9.36. The Morgan fingerprint density at radius 2 is 1.80 bits per heavy atom. The first-order valence-corrected chi connectivity index (χ1v) is 21.2. The molecule has 108 valence electrons. The number of hydrogen-bond donors (Lipinski definition) is 1. The Bertz CT molecular complexity index is 417. The summed E-state index contributed by atoms with van der Waals surface area (Å²) in [4.78, 5) is 0. The minimum atomic E-state index is -1.15. The van der Waals surface area contributed by atoms with Crippen LogP contribution in [0.1, 0.15) is 26.3 Å². The predicted octanol–water partition coefficient (Wildman–Crippen LogP) is 4.08. The van der Waals surface area contributed by atoms with E-state index in [-0.39, 0.29) is 5.41 Å². The minimum absolute atomic E-state index is 0.179. The van der Waals surface area contributed by atoms with Crippen molar-refractivity contribution < 1.29 is 32.0 Å². The predicted molar refractivity (Wildman–Crippen MR) is 86.6 cm³/mol. The molecular weight excluding hydrogens is 505 g/mol. The summed E-state index contributed by atoms with van der Waals surface area (Å²) in [5, 5.41) is 9.53. The normalized spacial score (nSPS) is 10.0. The van der Waals surface area contributed by atoms with Gasteiger partial charge < -0.3 is 4.74 Å². The molecule has 0 aliphatic carbocycles. The van der Waals surface area contributed by atoms with Crippen LogP contribution in [0, 0.1) is 0 Å². The summed E-state index contributed by atoms with van der Waals surface area (Å²) < 4.78 is 6.07. The van der Waals surface area contributed by atoms with Crippen LogP contribution in [0.3, 0.4) is 0 Å². The van der Waals surface area contributed by atoms with Crippen molar-refractivity contribution in [3.05, 3.63) is 49.1 Å². The van der Waals surface area contributed by atoms with Gasteiger partial charge in [0.25, 0.3) is 0 Å². The first-order valence-electron chi connectivity index (χ1n) is 6.54. The van der Waals surface area contributed by atoms with E-state index in [9.17, 15) is 5.11 Å². The van der Waals surface area contributed by atoms with Gasteiger partial charge in [0.2, 0.25) is 0 Å². The molecule has 1 rings (SSSR count). The summed E-state index contributed by atoms with van der Waals surface area (Å²) in [6.45, 7) is 14.7. The molecule has 0 amide bonds. The quantitative estimate of drug-likeness (QED) is 0.355. The second-order valence-corrected chi connectivity index (χ2v) is 14.3. The number of phenolic OH excluding ortho intramolecular Hbond substituents is 1. The summed E-state index contributed by atoms with van der Waals surface area (Å²) in [6.07, 6.45) is 3.42. The zero-order chi connectivity index (χ0) is 15.6. The van der Waals surface area contributed by atoms with Crippen molar-refractivity contribution in [1.82, 2.24) is 0 Å². The van der Waals surface area contributed by atoms with E-state index in [4.69, 9.17) is 4.74 Å². The van der Waals surface area contributed by atoms with Crippen LogP contribution in [0.4, 0.5) is 0 Å². The molecule has 0 fully saturated rings. The summed E-state index contributed by atoms with van der Waals surface area (Å²) >= 11 is 2.43. The second-order valence-electron chi connectivity index (χ2n) is 5.34. The summed E-state index contributed by atoms with van der Waals surface area (Å²) in [5.74, 6) is 0.464. The third-order valence-electron chi connectivity index (χ3n) is 2.56. The van der Waals surface area contributed by atoms with Crippen LogP contribution in [-0.4, -0.2) is 18.3 Å². The summed E-state index contributed by atoms with van der Waals surface area (Å²) in [7, 11) is 0. The SMILES string of the molecule is C=CCOCC=C.CC(C)(C)c1ccc(O)[c]([Hg][Br])c1. The molecule has 0 bridgehead atoms. The molecule has 20 heavy (non-hydrogen) atoms. The van der Waals surface area contributed by atoms with Crippen molar-refractivity contribution in [2.24, 2.45) is 0 Å². The summed E-state index contributed by atoms with van der Waals surface area (Å²) in [6, 6.07) is 5.97. The number of benzene rings is 1. The molecule has 1 N–H and O–H groups in total. The van der Waals surface area contributed by atoms with E-state index in [0.717, 1.165) is 0 Å². The van der Waals surface area contributed by atoms with Gasteiger partial charge in [-0.05, 0) is 0 Å². The van der Waals surface area contributed by atoms with Crippen LogP contribution < -0.4 is 3.07 Å². The molecule has 0 spiro atoms. The Kier molecular flexibility index (Phi) is 10.5. The van der Waals surface area contributed by atoms with Crippen molar-refractivity contribution in [2.45, 2.75) is 26.2 Å². The van der Waals surface area contributed by atoms with Gasteiger partial charge in [-0.1, -0.05) is 12.2 Å². The molecule has 0 aliphatic heterocycles. The van der Waals surface area contributed by atoms with E-state index in [1.807, 2.05) is 12.1 Å². The van der Waals surface area contributed by atoms with Gasteiger partial charge in [-0.25, -0.2) is 0 Å². The average Bonchev–Trinajstić information content (AvgIpc) is 2.39. The van der Waals surface area contributed by atoms with Gasteiger partial charge in [-0.2, -0.15) is 0 Å². The zero-order valence-electron chi connectivity index (χ0n) is 12.7. The van der Waals surface area contributed by atoms with Crippen LogP contribution in [0.15, 0.2) is 43.5 Å². The molecule has 0 saturated heterocycles. The first kappa shape index (κ1) is 19.9. The van der Waals surface area contributed by atoms with Gasteiger partial charge >= 0.3 is 97.9 Å². The van der Waals surface area contributed by atoms with Crippen molar-refractivity contribution in [2.75, 3.05) is 13.2 Å². The van der Waals surface area contributed by atoms with E-state index in [1.54, 1.807) is 12.2 Å². The molecule has 0 aliphatic rings. The fourth-order valence-electron chi connectivity index (χ4n) is 1.39. The molecule has 0 unspecified atom stereocenters. The van der Waals surface area contributed by atoms with E-state index >= 15 is 0 Å². The molecular formula is C16H23BrHgO2. The maximum absolute atomic E-state index is 9.53.